The van der Waals surface area contributed by atoms with Gasteiger partial charge in [-0.25, -0.2) is 0 Å². The Hall–Kier alpha value is -2.49. The van der Waals surface area contributed by atoms with E-state index < -0.39 is 0 Å². The number of likely N-dealkylation sites (tertiary alicyclic amines) is 1. The molecule has 0 spiro atoms. The number of carbonyl (C=O) groups excluding carboxylic acids is 2. The quantitative estimate of drug-likeness (QED) is 0.756. The van der Waals surface area contributed by atoms with Crippen molar-refractivity contribution in [3.63, 3.8) is 0 Å². The van der Waals surface area contributed by atoms with Crippen LogP contribution in [0.5, 0.6) is 0 Å². The van der Waals surface area contributed by atoms with Gasteiger partial charge in [0.2, 0.25) is 0 Å². The molecule has 3 rings (SSSR count). The fourth-order valence-corrected chi connectivity index (χ4v) is 2.35. The lowest BCUT2D eigenvalue weighted by Gasteiger charge is -2.26. The van der Waals surface area contributed by atoms with Crippen molar-refractivity contribution in [2.45, 2.75) is 12.8 Å². The predicted molar refractivity (Wildman–Crippen MR) is 83.1 cm³/mol. The van der Waals surface area contributed by atoms with E-state index >= 15 is 0 Å². The second-order valence-electron chi connectivity index (χ2n) is 4.74. The lowest BCUT2D eigenvalue weighted by molar-refractivity contribution is -0.120. The molecule has 1 aromatic carbocycles. The molecule has 2 aromatic rings. The highest BCUT2D eigenvalue weighted by Crippen LogP contribution is 2.16. The highest BCUT2D eigenvalue weighted by molar-refractivity contribution is 5.98. The number of hydrogen-bond donors (Lipinski definition) is 0. The lowest BCUT2D eigenvalue weighted by Crippen LogP contribution is -2.38. The van der Waals surface area contributed by atoms with Crippen molar-refractivity contribution < 1.29 is 9.59 Å². The van der Waals surface area contributed by atoms with Gasteiger partial charge in [-0.2, -0.15) is 0 Å². The van der Waals surface area contributed by atoms with Crippen molar-refractivity contribution in [3.8, 4) is 0 Å². The number of rotatable bonds is 1. The number of piperidine rings is 1. The zero-order valence-electron chi connectivity index (χ0n) is 11.9. The van der Waals surface area contributed by atoms with Gasteiger partial charge in [0.15, 0.2) is 0 Å². The van der Waals surface area contributed by atoms with E-state index in [4.69, 9.17) is 0 Å². The number of aromatic nitrogens is 1. The molecule has 1 aliphatic rings. The maximum atomic E-state index is 12.3. The fraction of sp³-hybridized carbons (Fsp3) is 0.235. The van der Waals surface area contributed by atoms with Crippen molar-refractivity contribution in [2.75, 3.05) is 13.1 Å². The van der Waals surface area contributed by atoms with Gasteiger partial charge < -0.3 is 4.90 Å². The maximum Gasteiger partial charge on any atom is 0.253 e. The van der Waals surface area contributed by atoms with E-state index in [1.165, 1.54) is 0 Å². The van der Waals surface area contributed by atoms with Gasteiger partial charge in [-0.3, -0.25) is 14.6 Å². The number of amides is 1. The monoisotopic (exact) mass is 282 g/mol. The molecule has 4 heteroatoms. The molecule has 0 N–H and O–H groups in total. The average Bonchev–Trinajstić information content (AvgIpc) is 2.56. The second kappa shape index (κ2) is 6.79. The van der Waals surface area contributed by atoms with Crippen LogP contribution in [0.3, 0.4) is 0 Å². The number of Topliss-reactive ketones (excluding diaryl/α,β-unsaturated/α-hetero) is 1. The number of nitrogens with zero attached hydrogens (tertiary/aromatic N) is 2. The lowest BCUT2D eigenvalue weighted by atomic mass is 10.1. The Morgan fingerprint density at radius 2 is 1.86 bits per heavy atom. The minimum absolute atomic E-state index is 0.00162. The number of benzene rings is 1. The van der Waals surface area contributed by atoms with Crippen LogP contribution >= 0.6 is 0 Å². The number of hydrogen-bond acceptors (Lipinski definition) is 3. The molecule has 108 valence electrons. The molecular weight excluding hydrogens is 264 g/mol. The van der Waals surface area contributed by atoms with Crippen LogP contribution in [0.4, 0.5) is 0 Å². The molecule has 1 aromatic heterocycles. The number of carbonyl (C=O) groups is 2. The number of pyridine rings is 1. The summed E-state index contributed by atoms with van der Waals surface area (Å²) in [5.74, 6) is 0.241. The normalized spacial score (nSPS) is 14.5. The first-order chi connectivity index (χ1) is 10.2. The van der Waals surface area contributed by atoms with Crippen molar-refractivity contribution in [1.82, 2.24) is 9.88 Å². The van der Waals surface area contributed by atoms with Gasteiger partial charge in [0.25, 0.3) is 5.91 Å². The van der Waals surface area contributed by atoms with Gasteiger partial charge in [0.1, 0.15) is 5.78 Å². The molecule has 21 heavy (non-hydrogen) atoms. The molecule has 0 saturated carbocycles. The van der Waals surface area contributed by atoms with Crippen LogP contribution in [0.25, 0.3) is 10.9 Å². The zero-order chi connectivity index (χ0) is 15.2. The highest BCUT2D eigenvalue weighted by atomic mass is 16.2. The van der Waals surface area contributed by atoms with Crippen LogP contribution in [0.2, 0.25) is 0 Å². The largest absolute Gasteiger partial charge is 0.338 e. The van der Waals surface area contributed by atoms with Gasteiger partial charge >= 0.3 is 0 Å². The third kappa shape index (κ3) is 3.34. The minimum Gasteiger partial charge on any atom is -0.338 e. The molecule has 1 fully saturated rings. The first-order valence-electron chi connectivity index (χ1n) is 6.90. The number of ketones is 1. The summed E-state index contributed by atoms with van der Waals surface area (Å²) >= 11 is 0. The van der Waals surface area contributed by atoms with Crippen LogP contribution in [0.15, 0.2) is 49.7 Å². The van der Waals surface area contributed by atoms with Crippen LogP contribution < -0.4 is 0 Å². The molecule has 1 aliphatic heterocycles. The summed E-state index contributed by atoms with van der Waals surface area (Å²) in [6.07, 6.45) is 2.68. The van der Waals surface area contributed by atoms with Crippen LogP contribution in [-0.4, -0.2) is 34.7 Å². The smallest absolute Gasteiger partial charge is 0.253 e. The van der Waals surface area contributed by atoms with E-state index in [1.807, 2.05) is 24.3 Å². The molecule has 0 aliphatic carbocycles. The van der Waals surface area contributed by atoms with Crippen molar-refractivity contribution in [3.05, 3.63) is 55.3 Å². The predicted octanol–water partition coefficient (Wildman–Crippen LogP) is 2.84. The van der Waals surface area contributed by atoms with E-state index in [-0.39, 0.29) is 11.7 Å². The topological polar surface area (TPSA) is 50.3 Å². The number of fused-ring (bicyclic) bond motifs is 1. The Morgan fingerprint density at radius 1 is 1.14 bits per heavy atom. The summed E-state index contributed by atoms with van der Waals surface area (Å²) in [5, 5.41) is 0.960. The first-order valence-corrected chi connectivity index (χ1v) is 6.90. The summed E-state index contributed by atoms with van der Waals surface area (Å²) in [4.78, 5) is 29.5. The van der Waals surface area contributed by atoms with Gasteiger partial charge in [-0.1, -0.05) is 6.07 Å². The zero-order valence-corrected chi connectivity index (χ0v) is 11.9. The summed E-state index contributed by atoms with van der Waals surface area (Å²) in [6.45, 7) is 7.06. The second-order valence-corrected chi connectivity index (χ2v) is 4.74. The van der Waals surface area contributed by atoms with E-state index in [9.17, 15) is 9.59 Å². The standard InChI is InChI=1S/C15H14N2O2.C2H4/c18-13-5-8-17(9-6-13)15(19)12-3-4-14-11(10-12)2-1-7-16-14;1-2/h1-4,7,10H,5-6,8-9H2;1-2H2. The van der Waals surface area contributed by atoms with Crippen molar-refractivity contribution in [1.29, 1.82) is 0 Å². The molecule has 2 heterocycles. The summed E-state index contributed by atoms with van der Waals surface area (Å²) in [7, 11) is 0. The van der Waals surface area contributed by atoms with E-state index in [2.05, 4.69) is 18.1 Å². The Kier molecular flexibility index (Phi) is 4.82. The molecule has 0 radical (unpaired) electrons. The Morgan fingerprint density at radius 3 is 2.57 bits per heavy atom. The van der Waals surface area contributed by atoms with Gasteiger partial charge in [-0.05, 0) is 24.3 Å². The maximum absolute atomic E-state index is 12.3. The van der Waals surface area contributed by atoms with Gasteiger partial charge in [0, 0.05) is 43.1 Å². The summed E-state index contributed by atoms with van der Waals surface area (Å²) in [5.41, 5.74) is 1.54. The van der Waals surface area contributed by atoms with Crippen LogP contribution in [-0.2, 0) is 4.79 Å². The van der Waals surface area contributed by atoms with Crippen LogP contribution in [0.1, 0.15) is 23.2 Å². The summed E-state index contributed by atoms with van der Waals surface area (Å²) in [6, 6.07) is 9.32. The average molecular weight is 282 g/mol. The Labute approximate surface area is 124 Å². The summed E-state index contributed by atoms with van der Waals surface area (Å²) < 4.78 is 0. The SMILES string of the molecule is C=C.O=C1CCN(C(=O)c2ccc3ncccc3c2)CC1. The third-order valence-electron chi connectivity index (χ3n) is 3.46. The first kappa shape index (κ1) is 14.9. The van der Waals surface area contributed by atoms with Crippen LogP contribution in [0, 0.1) is 0 Å². The molecular formula is C17H18N2O2. The van der Waals surface area contributed by atoms with E-state index in [0.717, 1.165) is 10.9 Å². The minimum atomic E-state index is -0.00162. The van der Waals surface area contributed by atoms with Gasteiger partial charge in [-0.15, -0.1) is 13.2 Å². The molecule has 0 atom stereocenters. The Balaban J connectivity index is 0.000000774. The fourth-order valence-electron chi connectivity index (χ4n) is 2.35. The van der Waals surface area contributed by atoms with Crippen molar-refractivity contribution in [2.24, 2.45) is 0 Å². The highest BCUT2D eigenvalue weighted by Gasteiger charge is 2.21. The van der Waals surface area contributed by atoms with Gasteiger partial charge in [0.05, 0.1) is 5.52 Å². The van der Waals surface area contributed by atoms with Crippen molar-refractivity contribution >= 4 is 22.6 Å². The molecule has 1 amide bonds. The third-order valence-corrected chi connectivity index (χ3v) is 3.46. The molecule has 1 saturated heterocycles. The molecule has 0 bridgehead atoms. The van der Waals surface area contributed by atoms with E-state index in [1.54, 1.807) is 17.2 Å². The Bertz CT molecular complexity index is 657. The molecule has 0 unspecified atom stereocenters. The molecule has 4 nitrogen and oxygen atoms in total. The van der Waals surface area contributed by atoms with E-state index in [0.29, 0.717) is 31.5 Å².